The molecule has 1 aliphatic rings. The molecule has 9 rings (SSSR count). The molecule has 2 nitrogen and oxygen atoms in total. The number of benzene rings is 6. The van der Waals surface area contributed by atoms with E-state index >= 15 is 0 Å². The molecule has 0 radical (unpaired) electrons. The van der Waals surface area contributed by atoms with E-state index in [1.165, 1.54) is 66.1 Å². The van der Waals surface area contributed by atoms with E-state index in [1.54, 1.807) is 0 Å². The first-order valence-electron chi connectivity index (χ1n) is 17.1. The van der Waals surface area contributed by atoms with Crippen molar-refractivity contribution in [3.63, 3.8) is 0 Å². The Balaban J connectivity index is 1.16. The Bertz CT molecular complexity index is 2330. The largest absolute Gasteiger partial charge is 0.455 e. The van der Waals surface area contributed by atoms with Gasteiger partial charge in [-0.2, -0.15) is 0 Å². The molecule has 2 aromatic heterocycles. The smallest absolute Gasteiger partial charge is 0.143 e. The second-order valence-electron chi connectivity index (χ2n) is 14.3. The van der Waals surface area contributed by atoms with Gasteiger partial charge >= 0.3 is 0 Å². The van der Waals surface area contributed by atoms with Crippen LogP contribution < -0.4 is 0 Å². The van der Waals surface area contributed by atoms with Gasteiger partial charge < -0.3 is 8.83 Å². The molecule has 0 saturated carbocycles. The van der Waals surface area contributed by atoms with Crippen LogP contribution in [0.25, 0.3) is 77.3 Å². The average Bonchev–Trinajstić information content (AvgIpc) is 3.76. The number of para-hydroxylation sites is 4. The van der Waals surface area contributed by atoms with Crippen LogP contribution in [0.3, 0.4) is 0 Å². The van der Waals surface area contributed by atoms with Gasteiger partial charge in [0.25, 0.3) is 0 Å². The number of furan rings is 2. The van der Waals surface area contributed by atoms with Crippen LogP contribution >= 0.6 is 0 Å². The van der Waals surface area contributed by atoms with Crippen molar-refractivity contribution >= 4 is 43.9 Å². The molecule has 6 aromatic carbocycles. The molecule has 47 heavy (non-hydrogen) atoms. The zero-order valence-electron chi connectivity index (χ0n) is 27.5. The lowest BCUT2D eigenvalue weighted by atomic mass is 9.95. The van der Waals surface area contributed by atoms with Gasteiger partial charge in [0, 0.05) is 32.7 Å². The Morgan fingerprint density at radius 2 is 0.851 bits per heavy atom. The van der Waals surface area contributed by atoms with E-state index < -0.39 is 0 Å². The molecular formula is C45H38O2. The van der Waals surface area contributed by atoms with E-state index in [0.29, 0.717) is 11.8 Å². The highest BCUT2D eigenvalue weighted by Gasteiger charge is 2.23. The Hall–Kier alpha value is -5.08. The van der Waals surface area contributed by atoms with Crippen LogP contribution in [-0.2, 0) is 19.3 Å². The van der Waals surface area contributed by atoms with Crippen LogP contribution in [0.15, 0.2) is 118 Å². The third-order valence-corrected chi connectivity index (χ3v) is 9.98. The normalized spacial score (nSPS) is 12.7. The first kappa shape index (κ1) is 28.2. The fraction of sp³-hybridized carbons (Fsp3) is 0.200. The van der Waals surface area contributed by atoms with Crippen LogP contribution in [0.5, 0.6) is 0 Å². The van der Waals surface area contributed by atoms with Crippen molar-refractivity contribution < 1.29 is 8.83 Å². The van der Waals surface area contributed by atoms with Crippen molar-refractivity contribution in [2.45, 2.75) is 47.0 Å². The molecule has 0 bridgehead atoms. The maximum atomic E-state index is 6.72. The second kappa shape index (κ2) is 10.7. The van der Waals surface area contributed by atoms with Gasteiger partial charge in [0.2, 0.25) is 0 Å². The quantitative estimate of drug-likeness (QED) is 0.187. The van der Waals surface area contributed by atoms with Crippen LogP contribution in [0.2, 0.25) is 0 Å². The van der Waals surface area contributed by atoms with E-state index in [-0.39, 0.29) is 0 Å². The van der Waals surface area contributed by atoms with E-state index in [4.69, 9.17) is 8.83 Å². The number of hydrogen-bond donors (Lipinski definition) is 0. The zero-order valence-corrected chi connectivity index (χ0v) is 27.5. The van der Waals surface area contributed by atoms with Crippen molar-refractivity contribution in [2.24, 2.45) is 11.8 Å². The number of hydrogen-bond acceptors (Lipinski definition) is 2. The molecule has 0 aliphatic heterocycles. The monoisotopic (exact) mass is 610 g/mol. The maximum absolute atomic E-state index is 6.72. The predicted octanol–water partition coefficient (Wildman–Crippen LogP) is 12.8. The van der Waals surface area contributed by atoms with Crippen molar-refractivity contribution in [1.82, 2.24) is 0 Å². The fourth-order valence-electron chi connectivity index (χ4n) is 7.92. The minimum absolute atomic E-state index is 0.566. The van der Waals surface area contributed by atoms with Crippen LogP contribution in [0, 0.1) is 11.8 Å². The summed E-state index contributed by atoms with van der Waals surface area (Å²) in [6, 6.07) is 40.2. The Morgan fingerprint density at radius 1 is 0.447 bits per heavy atom. The van der Waals surface area contributed by atoms with E-state index in [0.717, 1.165) is 52.7 Å². The topological polar surface area (TPSA) is 26.3 Å². The second-order valence-corrected chi connectivity index (χ2v) is 14.3. The van der Waals surface area contributed by atoms with Gasteiger partial charge in [-0.05, 0) is 87.7 Å². The summed E-state index contributed by atoms with van der Waals surface area (Å²) in [5.74, 6) is 1.13. The summed E-state index contributed by atoms with van der Waals surface area (Å²) in [7, 11) is 0. The molecule has 0 N–H and O–H groups in total. The number of rotatable bonds is 6. The van der Waals surface area contributed by atoms with Gasteiger partial charge in [-0.15, -0.1) is 0 Å². The van der Waals surface area contributed by atoms with Gasteiger partial charge in [0.1, 0.15) is 22.3 Å². The summed E-state index contributed by atoms with van der Waals surface area (Å²) in [4.78, 5) is 0. The Morgan fingerprint density at radius 3 is 1.28 bits per heavy atom. The first-order chi connectivity index (χ1) is 22.9. The van der Waals surface area contributed by atoms with Gasteiger partial charge in [-0.3, -0.25) is 0 Å². The minimum atomic E-state index is 0.566. The van der Waals surface area contributed by atoms with Gasteiger partial charge in [0.15, 0.2) is 0 Å². The molecule has 8 aromatic rings. The summed E-state index contributed by atoms with van der Waals surface area (Å²) < 4.78 is 13.4. The third kappa shape index (κ3) is 4.53. The van der Waals surface area contributed by atoms with Gasteiger partial charge in [0.05, 0.1) is 0 Å². The Labute approximate surface area is 275 Å². The van der Waals surface area contributed by atoms with Gasteiger partial charge in [-0.25, -0.2) is 0 Å². The highest BCUT2D eigenvalue weighted by atomic mass is 16.3. The van der Waals surface area contributed by atoms with Crippen molar-refractivity contribution in [3.8, 4) is 33.4 Å². The van der Waals surface area contributed by atoms with Crippen molar-refractivity contribution in [3.05, 3.63) is 131 Å². The molecule has 230 valence electrons. The zero-order chi connectivity index (χ0) is 31.8. The van der Waals surface area contributed by atoms with E-state index in [9.17, 15) is 0 Å². The standard InChI is InChI=1S/C45H38O2/c1-26(2)21-32-9-5-13-36-38-15-7-11-34(44(38)46-42(32)36)30-19-17-28-23-29-18-20-31(25-41(29)40(28)24-30)35-12-8-16-39-37-14-6-10-33(22-27(3)4)43(37)47-45(35)39/h5-20,24-27H,21-23H2,1-4H3. The van der Waals surface area contributed by atoms with Crippen molar-refractivity contribution in [2.75, 3.05) is 0 Å². The molecule has 0 fully saturated rings. The molecule has 0 saturated heterocycles. The summed E-state index contributed by atoms with van der Waals surface area (Å²) in [5.41, 5.74) is 16.6. The first-order valence-corrected chi connectivity index (χ1v) is 17.1. The van der Waals surface area contributed by atoms with E-state index in [2.05, 4.69) is 137 Å². The lowest BCUT2D eigenvalue weighted by Crippen LogP contribution is -1.93. The molecule has 1 aliphatic carbocycles. The summed E-state index contributed by atoms with van der Waals surface area (Å²) in [5, 5.41) is 4.77. The molecule has 0 spiro atoms. The van der Waals surface area contributed by atoms with Gasteiger partial charge in [-0.1, -0.05) is 125 Å². The average molecular weight is 611 g/mol. The molecule has 2 heterocycles. The molecule has 0 amide bonds. The Kier molecular flexibility index (Phi) is 6.44. The molecule has 0 atom stereocenters. The lowest BCUT2D eigenvalue weighted by molar-refractivity contribution is 0.624. The lowest BCUT2D eigenvalue weighted by Gasteiger charge is -2.09. The van der Waals surface area contributed by atoms with Crippen LogP contribution in [-0.4, -0.2) is 0 Å². The fourth-order valence-corrected chi connectivity index (χ4v) is 7.92. The molecular weight excluding hydrogens is 572 g/mol. The van der Waals surface area contributed by atoms with Crippen molar-refractivity contribution in [1.29, 1.82) is 0 Å². The maximum Gasteiger partial charge on any atom is 0.143 e. The minimum Gasteiger partial charge on any atom is -0.455 e. The van der Waals surface area contributed by atoms with Crippen LogP contribution in [0.1, 0.15) is 49.9 Å². The molecule has 2 heteroatoms. The number of fused-ring (bicyclic) bond motifs is 9. The summed E-state index contributed by atoms with van der Waals surface area (Å²) in [6.45, 7) is 9.06. The van der Waals surface area contributed by atoms with E-state index in [1.807, 2.05) is 0 Å². The highest BCUT2D eigenvalue weighted by molar-refractivity contribution is 6.11. The molecule has 0 unspecified atom stereocenters. The SMILES string of the molecule is CC(C)Cc1cccc2c1oc1c(-c3ccc4c(c3)-c3cc(-c5cccc6c5oc5c(CC(C)C)cccc56)ccc3C4)cccc12. The highest BCUT2D eigenvalue weighted by Crippen LogP contribution is 2.45. The predicted molar refractivity (Wildman–Crippen MR) is 197 cm³/mol. The third-order valence-electron chi connectivity index (χ3n) is 9.98. The van der Waals surface area contributed by atoms with Crippen LogP contribution in [0.4, 0.5) is 0 Å². The summed E-state index contributed by atoms with van der Waals surface area (Å²) in [6.07, 6.45) is 2.96. The summed E-state index contributed by atoms with van der Waals surface area (Å²) >= 11 is 0.